The van der Waals surface area contributed by atoms with Crippen LogP contribution in [0.4, 0.5) is 33.5 Å². The highest BCUT2D eigenvalue weighted by Gasteiger charge is 2.43. The molecule has 1 aliphatic heterocycles. The molecule has 3 heterocycles. The summed E-state index contributed by atoms with van der Waals surface area (Å²) in [5.74, 6) is -2.27. The van der Waals surface area contributed by atoms with Gasteiger partial charge in [-0.1, -0.05) is 32.0 Å². The second kappa shape index (κ2) is 11.4. The summed E-state index contributed by atoms with van der Waals surface area (Å²) in [6.07, 6.45) is -4.99. The number of rotatable bonds is 6. The van der Waals surface area contributed by atoms with Crippen molar-refractivity contribution in [3.63, 3.8) is 0 Å². The van der Waals surface area contributed by atoms with Crippen LogP contribution in [0.2, 0.25) is 5.02 Å². The number of hydrogen-bond acceptors (Lipinski definition) is 7. The number of benzene rings is 3. The van der Waals surface area contributed by atoms with Gasteiger partial charge in [-0.15, -0.1) is 0 Å². The predicted octanol–water partition coefficient (Wildman–Crippen LogP) is 4.15. The van der Waals surface area contributed by atoms with E-state index in [1.807, 2.05) is 0 Å². The van der Waals surface area contributed by atoms with Crippen LogP contribution in [0.1, 0.15) is 48.0 Å². The molecule has 2 unspecified atom stereocenters. The summed E-state index contributed by atoms with van der Waals surface area (Å²) >= 11 is 6.55. The fourth-order valence-electron chi connectivity index (χ4n) is 6.22. The molecule has 3 aromatic carbocycles. The summed E-state index contributed by atoms with van der Waals surface area (Å²) in [6.45, 7) is 8.50. The molecule has 8 radical (unpaired) electrons. The minimum Gasteiger partial charge on any atom is -0.405 e. The van der Waals surface area contributed by atoms with Crippen LogP contribution in [0.5, 0.6) is 0 Å². The summed E-state index contributed by atoms with van der Waals surface area (Å²) in [4.78, 5) is 8.22. The first kappa shape index (κ1) is 35.6. The molecule has 248 valence electrons. The number of fused-ring (bicyclic) bond motifs is 4. The molecule has 2 aromatic heterocycles. The van der Waals surface area contributed by atoms with Crippen LogP contribution in [0.3, 0.4) is 0 Å². The molecule has 5 aromatic rings. The molecule has 0 bridgehead atoms. The summed E-state index contributed by atoms with van der Waals surface area (Å²) in [5, 5.41) is 33.8. The van der Waals surface area contributed by atoms with Crippen LogP contribution in [0, 0.1) is 24.0 Å². The molecular formula is C31H23B4ClF5N7O2. The summed E-state index contributed by atoms with van der Waals surface area (Å²) < 4.78 is 73.6. The zero-order valence-electron chi connectivity index (χ0n) is 26.5. The summed E-state index contributed by atoms with van der Waals surface area (Å²) in [6, 6.07) is 5.05. The van der Waals surface area contributed by atoms with Crippen molar-refractivity contribution < 1.29 is 32.2 Å². The molecule has 1 aliphatic rings. The van der Waals surface area contributed by atoms with Gasteiger partial charge in [-0.2, -0.15) is 13.2 Å². The molecule has 50 heavy (non-hydrogen) atoms. The number of aromatic nitrogens is 4. The van der Waals surface area contributed by atoms with Crippen molar-refractivity contribution in [1.29, 1.82) is 5.41 Å². The van der Waals surface area contributed by atoms with Crippen molar-refractivity contribution in [2.24, 2.45) is 0 Å². The zero-order valence-corrected chi connectivity index (χ0v) is 27.3. The smallest absolute Gasteiger partial charge is 0.405 e. The van der Waals surface area contributed by atoms with Crippen molar-refractivity contribution in [3.8, 4) is 0 Å². The topological polar surface area (TPSA) is 124 Å². The molecule has 0 amide bonds. The Morgan fingerprint density at radius 2 is 1.66 bits per heavy atom. The van der Waals surface area contributed by atoms with Gasteiger partial charge in [0.1, 0.15) is 60.3 Å². The van der Waals surface area contributed by atoms with Gasteiger partial charge in [-0.25, -0.2) is 18.7 Å². The summed E-state index contributed by atoms with van der Waals surface area (Å²) in [5.41, 5.74) is -6.30. The van der Waals surface area contributed by atoms with E-state index in [9.17, 15) is 32.2 Å². The quantitative estimate of drug-likeness (QED) is 0.134. The fourth-order valence-corrected chi connectivity index (χ4v) is 6.45. The number of alkyl halides is 3. The fraction of sp³-hybridized carbons (Fsp3) is 0.258. The molecule has 6 rings (SSSR count). The van der Waals surface area contributed by atoms with Crippen LogP contribution in [-0.2, 0) is 17.2 Å². The highest BCUT2D eigenvalue weighted by Crippen LogP contribution is 2.48. The van der Waals surface area contributed by atoms with E-state index in [4.69, 9.17) is 48.4 Å². The lowest BCUT2D eigenvalue weighted by Gasteiger charge is -2.39. The number of halogens is 6. The van der Waals surface area contributed by atoms with Gasteiger partial charge in [-0.05, 0) is 43.3 Å². The third-order valence-electron chi connectivity index (χ3n) is 8.33. The van der Waals surface area contributed by atoms with E-state index in [-0.39, 0.29) is 61.2 Å². The van der Waals surface area contributed by atoms with Crippen molar-refractivity contribution in [3.05, 3.63) is 93.3 Å². The van der Waals surface area contributed by atoms with E-state index in [0.717, 1.165) is 18.2 Å². The van der Waals surface area contributed by atoms with E-state index in [1.165, 1.54) is 37.5 Å². The lowest BCUT2D eigenvalue weighted by Crippen LogP contribution is -2.60. The number of nitrogens with zero attached hydrogens (tertiary/aromatic N) is 4. The predicted molar refractivity (Wildman–Crippen MR) is 181 cm³/mol. The second-order valence-corrected chi connectivity index (χ2v) is 13.0. The first-order valence-corrected chi connectivity index (χ1v) is 15.0. The Kier molecular flexibility index (Phi) is 8.09. The van der Waals surface area contributed by atoms with Gasteiger partial charge in [0, 0.05) is 49.3 Å². The van der Waals surface area contributed by atoms with Gasteiger partial charge in [0.2, 0.25) is 5.62 Å². The average molecular weight is 699 g/mol. The monoisotopic (exact) mass is 699 g/mol. The minimum absolute atomic E-state index is 0.00434. The Balaban J connectivity index is 1.79. The number of anilines is 2. The first-order chi connectivity index (χ1) is 22.9. The van der Waals surface area contributed by atoms with E-state index in [1.54, 1.807) is 0 Å². The Hall–Kier alpha value is -4.27. The van der Waals surface area contributed by atoms with Gasteiger partial charge in [0.15, 0.2) is 0 Å². The highest BCUT2D eigenvalue weighted by molar-refractivity contribution is 6.43. The van der Waals surface area contributed by atoms with Crippen LogP contribution in [0.15, 0.2) is 43.0 Å². The zero-order chi connectivity index (χ0) is 37.0. The Morgan fingerprint density at radius 1 is 1.00 bits per heavy atom. The second-order valence-electron chi connectivity index (χ2n) is 12.6. The van der Waals surface area contributed by atoms with Gasteiger partial charge in [0.25, 0.3) is 0 Å². The molecule has 9 nitrogen and oxygen atoms in total. The van der Waals surface area contributed by atoms with Crippen molar-refractivity contribution >= 4 is 82.1 Å². The van der Waals surface area contributed by atoms with Crippen LogP contribution in [0.25, 0.3) is 27.6 Å². The van der Waals surface area contributed by atoms with Crippen molar-refractivity contribution in [1.82, 2.24) is 24.4 Å². The molecule has 0 saturated carbocycles. The first-order valence-electron chi connectivity index (χ1n) is 14.7. The van der Waals surface area contributed by atoms with Crippen molar-refractivity contribution in [2.75, 3.05) is 5.32 Å². The van der Waals surface area contributed by atoms with E-state index < -0.39 is 57.0 Å². The molecule has 5 N–H and O–H groups in total. The molecule has 19 heteroatoms. The molecule has 0 saturated heterocycles. The Labute approximate surface area is 291 Å². The third-order valence-corrected chi connectivity index (χ3v) is 8.67. The standard InChI is InChI=1S/C31H23B4ClF5N7O2/c1-11-21-22(24(43-11)15-7-13(37)5-6-18(15)36)19(46-26-16-8-14(38)9-17(29(39,40)41)23(16)44-12(2)45-26)10-20-25(21)48(28(3,4)32)27(42)47(20)31(35,50)30(33,34)49/h5-10,24,42-43,49-50H,1H2,2-4H3,(H,44,45,46). The van der Waals surface area contributed by atoms with Crippen LogP contribution in [-0.4, -0.2) is 66.1 Å². The molecular weight excluding hydrogens is 676 g/mol. The minimum atomic E-state index is -4.99. The van der Waals surface area contributed by atoms with Crippen molar-refractivity contribution in [2.45, 2.75) is 49.5 Å². The maximum Gasteiger partial charge on any atom is 0.418 e. The summed E-state index contributed by atoms with van der Waals surface area (Å²) in [7, 11) is 24.0. The average Bonchev–Trinajstić information content (AvgIpc) is 3.47. The molecule has 0 fully saturated rings. The normalized spacial score (nSPS) is 16.5. The Morgan fingerprint density at radius 3 is 2.26 bits per heavy atom. The third kappa shape index (κ3) is 5.57. The van der Waals surface area contributed by atoms with Gasteiger partial charge in [-0.3, -0.25) is 9.98 Å². The SMILES string of the molecule is [B]C(C)(C)n1c(=N)n(C([B])(O)C([B])([B])O)c2cc(Nc3nc(C)nc4c(C(F)(F)F)cc(F)cc34)c3c(c21)C(=C)NC3c1cc(F)ccc1Cl. The molecule has 2 atom stereocenters. The molecule has 0 aliphatic carbocycles. The van der Waals surface area contributed by atoms with E-state index in [0.29, 0.717) is 10.6 Å². The number of aryl methyl sites for hydroxylation is 1. The highest BCUT2D eigenvalue weighted by atomic mass is 35.5. The van der Waals surface area contributed by atoms with Crippen LogP contribution >= 0.6 is 11.6 Å². The lowest BCUT2D eigenvalue weighted by molar-refractivity contribution is -0.136. The number of aliphatic hydroxyl groups is 2. The van der Waals surface area contributed by atoms with Gasteiger partial charge in [0.05, 0.1) is 28.2 Å². The van der Waals surface area contributed by atoms with Gasteiger partial charge < -0.3 is 25.4 Å². The maximum absolute atomic E-state index is 14.8. The van der Waals surface area contributed by atoms with E-state index >= 15 is 0 Å². The maximum atomic E-state index is 14.8. The van der Waals surface area contributed by atoms with Crippen LogP contribution < -0.4 is 16.3 Å². The largest absolute Gasteiger partial charge is 0.418 e. The molecule has 0 spiro atoms. The van der Waals surface area contributed by atoms with E-state index in [2.05, 4.69) is 27.2 Å². The number of imidazole rings is 1. The van der Waals surface area contributed by atoms with Gasteiger partial charge >= 0.3 is 6.18 Å². The lowest BCUT2D eigenvalue weighted by atomic mass is 9.53. The Bertz CT molecular complexity index is 2330. The number of hydrogen-bond donors (Lipinski definition) is 5. The number of nitrogens with one attached hydrogen (secondary N) is 3.